The van der Waals surface area contributed by atoms with Gasteiger partial charge in [0.15, 0.2) is 11.3 Å². The molecule has 3 heterocycles. The minimum Gasteiger partial charge on any atom is -0.308 e. The largest absolute Gasteiger partial charge is 0.308 e. The van der Waals surface area contributed by atoms with Crippen LogP contribution < -0.4 is 5.56 Å². The van der Waals surface area contributed by atoms with Gasteiger partial charge in [-0.05, 0) is 37.5 Å². The molecule has 0 aliphatic heterocycles. The Labute approximate surface area is 173 Å². The van der Waals surface area contributed by atoms with Crippen LogP contribution in [0.25, 0.3) is 33.2 Å². The van der Waals surface area contributed by atoms with Crippen molar-refractivity contribution in [3.05, 3.63) is 76.8 Å². The fourth-order valence-corrected chi connectivity index (χ4v) is 3.93. The second-order valence-electron chi connectivity index (χ2n) is 7.68. The zero-order valence-electron chi connectivity index (χ0n) is 17.1. The lowest BCUT2D eigenvalue weighted by Crippen LogP contribution is -2.23. The standard InChI is InChI=1S/C24H23N5O/c1-3-16(2)29-15-25-22-20(24(29)30)21-23(27-19-12-8-7-11-18(19)26-21)28(22)14-13-17-9-5-4-6-10-17/h4-12,15-16H,3,13-14H2,1-2H3/t16-/m0/s1. The summed E-state index contributed by atoms with van der Waals surface area (Å²) >= 11 is 0. The van der Waals surface area contributed by atoms with E-state index in [1.54, 1.807) is 10.9 Å². The summed E-state index contributed by atoms with van der Waals surface area (Å²) in [6.07, 6.45) is 3.34. The van der Waals surface area contributed by atoms with Gasteiger partial charge in [0.25, 0.3) is 5.56 Å². The van der Waals surface area contributed by atoms with Crippen molar-refractivity contribution in [2.45, 2.75) is 39.3 Å². The third-order valence-electron chi connectivity index (χ3n) is 5.81. The van der Waals surface area contributed by atoms with Crippen molar-refractivity contribution in [1.29, 1.82) is 0 Å². The molecule has 0 radical (unpaired) electrons. The van der Waals surface area contributed by atoms with Crippen LogP contribution >= 0.6 is 0 Å². The number of benzene rings is 2. The predicted molar refractivity (Wildman–Crippen MR) is 120 cm³/mol. The van der Waals surface area contributed by atoms with E-state index in [1.165, 1.54) is 5.56 Å². The monoisotopic (exact) mass is 397 g/mol. The average Bonchev–Trinajstić information content (AvgIpc) is 3.09. The molecule has 6 nitrogen and oxygen atoms in total. The molecular formula is C24H23N5O. The Hall–Kier alpha value is -3.54. The smallest absolute Gasteiger partial charge is 0.265 e. The Morgan fingerprint density at radius 2 is 1.63 bits per heavy atom. The van der Waals surface area contributed by atoms with Crippen LogP contribution in [0.3, 0.4) is 0 Å². The van der Waals surface area contributed by atoms with Crippen molar-refractivity contribution in [2.24, 2.45) is 0 Å². The molecule has 1 atom stereocenters. The highest BCUT2D eigenvalue weighted by molar-refractivity contribution is 6.04. The zero-order chi connectivity index (χ0) is 20.7. The van der Waals surface area contributed by atoms with Crippen molar-refractivity contribution in [1.82, 2.24) is 24.1 Å². The first-order valence-electron chi connectivity index (χ1n) is 10.4. The van der Waals surface area contributed by atoms with Crippen LogP contribution in [0.5, 0.6) is 0 Å². The quantitative estimate of drug-likeness (QED) is 0.438. The van der Waals surface area contributed by atoms with Crippen LogP contribution in [-0.4, -0.2) is 24.1 Å². The molecule has 0 aliphatic rings. The van der Waals surface area contributed by atoms with Gasteiger partial charge in [0.2, 0.25) is 0 Å². The number of rotatable bonds is 5. The lowest BCUT2D eigenvalue weighted by Gasteiger charge is -2.12. The first-order chi connectivity index (χ1) is 14.7. The van der Waals surface area contributed by atoms with E-state index >= 15 is 0 Å². The van der Waals surface area contributed by atoms with Crippen LogP contribution in [0.1, 0.15) is 31.9 Å². The van der Waals surface area contributed by atoms with Crippen LogP contribution in [0.4, 0.5) is 0 Å². The third kappa shape index (κ3) is 2.96. The highest BCUT2D eigenvalue weighted by Crippen LogP contribution is 2.26. The van der Waals surface area contributed by atoms with Crippen molar-refractivity contribution >= 4 is 33.2 Å². The Balaban J connectivity index is 1.78. The minimum absolute atomic E-state index is 0.0533. The molecule has 150 valence electrons. The number of nitrogens with zero attached hydrogens (tertiary/aromatic N) is 5. The van der Waals surface area contributed by atoms with E-state index in [2.05, 4.69) is 19.1 Å². The number of aryl methyl sites for hydroxylation is 2. The van der Waals surface area contributed by atoms with Gasteiger partial charge in [-0.2, -0.15) is 0 Å². The van der Waals surface area contributed by atoms with Gasteiger partial charge in [-0.1, -0.05) is 49.4 Å². The molecule has 0 spiro atoms. The Morgan fingerprint density at radius 3 is 2.37 bits per heavy atom. The second kappa shape index (κ2) is 7.37. The second-order valence-corrected chi connectivity index (χ2v) is 7.68. The summed E-state index contributed by atoms with van der Waals surface area (Å²) in [5, 5.41) is 0.555. The molecule has 0 fully saturated rings. The van der Waals surface area contributed by atoms with Gasteiger partial charge in [-0.15, -0.1) is 0 Å². The first kappa shape index (κ1) is 18.5. The molecule has 5 aromatic rings. The van der Waals surface area contributed by atoms with Gasteiger partial charge in [0, 0.05) is 12.6 Å². The van der Waals surface area contributed by atoms with Crippen molar-refractivity contribution < 1.29 is 0 Å². The molecule has 0 aliphatic carbocycles. The topological polar surface area (TPSA) is 65.6 Å². The highest BCUT2D eigenvalue weighted by Gasteiger charge is 2.20. The zero-order valence-corrected chi connectivity index (χ0v) is 17.1. The van der Waals surface area contributed by atoms with Crippen LogP contribution in [0, 0.1) is 0 Å². The van der Waals surface area contributed by atoms with Gasteiger partial charge in [0.05, 0.1) is 11.0 Å². The Bertz CT molecular complexity index is 1420. The van der Waals surface area contributed by atoms with Gasteiger partial charge < -0.3 is 4.57 Å². The van der Waals surface area contributed by atoms with E-state index in [-0.39, 0.29) is 11.6 Å². The van der Waals surface area contributed by atoms with Crippen LogP contribution in [0.2, 0.25) is 0 Å². The number of aromatic nitrogens is 5. The molecule has 0 amide bonds. The van der Waals surface area contributed by atoms with E-state index in [1.807, 2.05) is 54.0 Å². The number of fused-ring (bicyclic) bond motifs is 4. The summed E-state index contributed by atoms with van der Waals surface area (Å²) in [5.41, 5.74) is 4.77. The van der Waals surface area contributed by atoms with E-state index in [9.17, 15) is 4.79 Å². The first-order valence-corrected chi connectivity index (χ1v) is 10.4. The molecule has 0 bridgehead atoms. The van der Waals surface area contributed by atoms with Gasteiger partial charge in [0.1, 0.15) is 17.2 Å². The van der Waals surface area contributed by atoms with Gasteiger partial charge in [-0.25, -0.2) is 15.0 Å². The summed E-state index contributed by atoms with van der Waals surface area (Å²) in [5.74, 6) is 0. The van der Waals surface area contributed by atoms with Gasteiger partial charge in [-0.3, -0.25) is 9.36 Å². The molecule has 6 heteroatoms. The maximum Gasteiger partial charge on any atom is 0.265 e. The van der Waals surface area contributed by atoms with E-state index in [4.69, 9.17) is 15.0 Å². The molecule has 0 saturated heterocycles. The Kier molecular flexibility index (Phi) is 4.54. The van der Waals surface area contributed by atoms with Crippen LogP contribution in [-0.2, 0) is 13.0 Å². The molecule has 5 rings (SSSR count). The molecule has 0 saturated carbocycles. The van der Waals surface area contributed by atoms with Crippen molar-refractivity contribution in [3.63, 3.8) is 0 Å². The molecule has 3 aromatic heterocycles. The van der Waals surface area contributed by atoms with Crippen molar-refractivity contribution in [2.75, 3.05) is 0 Å². The van der Waals surface area contributed by atoms with Gasteiger partial charge >= 0.3 is 0 Å². The summed E-state index contributed by atoms with van der Waals surface area (Å²) in [6.45, 7) is 4.78. The summed E-state index contributed by atoms with van der Waals surface area (Å²) < 4.78 is 3.75. The lowest BCUT2D eigenvalue weighted by molar-refractivity contribution is 0.510. The number of hydrogen-bond donors (Lipinski definition) is 0. The highest BCUT2D eigenvalue weighted by atomic mass is 16.1. The Morgan fingerprint density at radius 1 is 0.933 bits per heavy atom. The average molecular weight is 397 g/mol. The molecule has 0 N–H and O–H groups in total. The summed E-state index contributed by atoms with van der Waals surface area (Å²) in [6, 6.07) is 18.2. The van der Waals surface area contributed by atoms with E-state index in [0.29, 0.717) is 28.7 Å². The third-order valence-corrected chi connectivity index (χ3v) is 5.81. The lowest BCUT2D eigenvalue weighted by atomic mass is 10.1. The number of hydrogen-bond acceptors (Lipinski definition) is 4. The number of para-hydroxylation sites is 2. The minimum atomic E-state index is -0.0533. The fourth-order valence-electron chi connectivity index (χ4n) is 3.93. The molecule has 2 aromatic carbocycles. The maximum atomic E-state index is 13.4. The molecule has 30 heavy (non-hydrogen) atoms. The SMILES string of the molecule is CC[C@H](C)n1cnc2c(c1=O)c1nc3ccccc3nc1n2CCc1ccccc1. The summed E-state index contributed by atoms with van der Waals surface area (Å²) in [7, 11) is 0. The van der Waals surface area contributed by atoms with Crippen LogP contribution in [0.15, 0.2) is 65.7 Å². The normalized spacial score (nSPS) is 12.7. The van der Waals surface area contributed by atoms with E-state index in [0.717, 1.165) is 23.9 Å². The van der Waals surface area contributed by atoms with E-state index < -0.39 is 0 Å². The fraction of sp³-hybridized carbons (Fsp3) is 0.250. The predicted octanol–water partition coefficient (Wildman–Crippen LogP) is 4.51. The summed E-state index contributed by atoms with van der Waals surface area (Å²) in [4.78, 5) is 27.8. The maximum absolute atomic E-state index is 13.4. The molecular weight excluding hydrogens is 374 g/mol. The molecule has 0 unspecified atom stereocenters. The van der Waals surface area contributed by atoms with Crippen molar-refractivity contribution in [3.8, 4) is 0 Å².